The van der Waals surface area contributed by atoms with Crippen molar-refractivity contribution >= 4 is 0 Å². The van der Waals surface area contributed by atoms with Gasteiger partial charge < -0.3 is 10.6 Å². The number of nitrogens with one attached hydrogen (secondary N) is 2. The maximum atomic E-state index is 4.10. The predicted molar refractivity (Wildman–Crippen MR) is 94.6 cm³/mol. The molecule has 0 aliphatic heterocycles. The molecule has 0 radical (unpaired) electrons. The molecule has 22 heavy (non-hydrogen) atoms. The summed E-state index contributed by atoms with van der Waals surface area (Å²) in [4.78, 5) is 0. The molecule has 0 saturated carbocycles. The molecule has 0 amide bonds. The third-order valence-electron chi connectivity index (χ3n) is 3.49. The summed E-state index contributed by atoms with van der Waals surface area (Å²) in [6.07, 6.45) is 1.96. The van der Waals surface area contributed by atoms with Crippen molar-refractivity contribution in [1.29, 1.82) is 0 Å². The van der Waals surface area contributed by atoms with Gasteiger partial charge in [0.1, 0.15) is 0 Å². The number of hydrogen-bond donors (Lipinski definition) is 2. The van der Waals surface area contributed by atoms with Gasteiger partial charge in [-0.15, -0.1) is 0 Å². The highest BCUT2D eigenvalue weighted by molar-refractivity contribution is 5.20. The van der Waals surface area contributed by atoms with Gasteiger partial charge in [-0.3, -0.25) is 0 Å². The Labute approximate surface area is 134 Å². The highest BCUT2D eigenvalue weighted by Crippen LogP contribution is 2.10. The van der Waals surface area contributed by atoms with Crippen LogP contribution in [0.25, 0.3) is 0 Å². The van der Waals surface area contributed by atoms with Crippen molar-refractivity contribution in [2.75, 3.05) is 0 Å². The van der Waals surface area contributed by atoms with E-state index in [1.165, 1.54) is 11.1 Å². The van der Waals surface area contributed by atoms with Crippen LogP contribution in [-0.4, -0.2) is 12.1 Å². The van der Waals surface area contributed by atoms with Gasteiger partial charge in [0, 0.05) is 12.1 Å². The van der Waals surface area contributed by atoms with Crippen LogP contribution in [0.15, 0.2) is 73.1 Å². The lowest BCUT2D eigenvalue weighted by atomic mass is 9.99. The lowest BCUT2D eigenvalue weighted by molar-refractivity contribution is 0.512. The average Bonchev–Trinajstić information content (AvgIpc) is 2.48. The van der Waals surface area contributed by atoms with Gasteiger partial charge in [-0.25, -0.2) is 0 Å². The molecule has 2 aromatic carbocycles. The van der Waals surface area contributed by atoms with E-state index in [2.05, 4.69) is 91.7 Å². The average molecular weight is 294 g/mol. The summed E-state index contributed by atoms with van der Waals surface area (Å²) in [6, 6.07) is 21.9. The van der Waals surface area contributed by atoms with E-state index in [-0.39, 0.29) is 0 Å². The monoisotopic (exact) mass is 294 g/mol. The molecule has 2 rings (SSSR count). The molecular weight excluding hydrogens is 268 g/mol. The zero-order valence-electron chi connectivity index (χ0n) is 13.5. The zero-order chi connectivity index (χ0) is 15.8. The minimum absolute atomic E-state index is 0.323. The molecule has 116 valence electrons. The van der Waals surface area contributed by atoms with E-state index in [1.54, 1.807) is 0 Å². The molecule has 2 N–H and O–H groups in total. The molecule has 0 aromatic heterocycles. The van der Waals surface area contributed by atoms with Crippen molar-refractivity contribution in [1.82, 2.24) is 10.6 Å². The maximum Gasteiger partial charge on any atom is 0.0916 e. The number of rotatable bonds is 8. The molecule has 0 fully saturated rings. The summed E-state index contributed by atoms with van der Waals surface area (Å²) in [7, 11) is 0. The molecule has 0 spiro atoms. The van der Waals surface area contributed by atoms with E-state index in [4.69, 9.17) is 0 Å². The van der Waals surface area contributed by atoms with E-state index >= 15 is 0 Å². The van der Waals surface area contributed by atoms with E-state index in [0.29, 0.717) is 12.1 Å². The molecule has 2 aromatic rings. The molecule has 0 atom stereocenters. The number of benzene rings is 2. The van der Waals surface area contributed by atoms with Crippen LogP contribution >= 0.6 is 0 Å². The van der Waals surface area contributed by atoms with Crippen molar-refractivity contribution in [2.45, 2.75) is 38.8 Å². The van der Waals surface area contributed by atoms with Crippen molar-refractivity contribution in [2.24, 2.45) is 0 Å². The molecule has 2 nitrogen and oxygen atoms in total. The Morgan fingerprint density at radius 3 is 1.68 bits per heavy atom. The van der Waals surface area contributed by atoms with Crippen LogP contribution in [0.4, 0.5) is 0 Å². The van der Waals surface area contributed by atoms with Crippen molar-refractivity contribution < 1.29 is 0 Å². The van der Waals surface area contributed by atoms with Crippen LogP contribution in [0, 0.1) is 0 Å². The Kier molecular flexibility index (Phi) is 6.08. The van der Waals surface area contributed by atoms with Crippen molar-refractivity contribution in [3.05, 3.63) is 84.2 Å². The smallest absolute Gasteiger partial charge is 0.0916 e. The van der Waals surface area contributed by atoms with Crippen LogP contribution in [0.1, 0.15) is 25.0 Å². The second kappa shape index (κ2) is 8.28. The second-order valence-electron chi connectivity index (χ2n) is 6.00. The fourth-order valence-corrected chi connectivity index (χ4v) is 2.61. The highest BCUT2D eigenvalue weighted by Gasteiger charge is 2.11. The van der Waals surface area contributed by atoms with Gasteiger partial charge in [-0.05, 0) is 37.8 Å². The van der Waals surface area contributed by atoms with Gasteiger partial charge >= 0.3 is 0 Å². The Hall–Kier alpha value is -2.22. The zero-order valence-corrected chi connectivity index (χ0v) is 13.5. The van der Waals surface area contributed by atoms with Gasteiger partial charge in [-0.1, -0.05) is 67.2 Å². The molecule has 0 bridgehead atoms. The highest BCUT2D eigenvalue weighted by atomic mass is 15.1. The van der Waals surface area contributed by atoms with E-state index in [0.717, 1.165) is 18.7 Å². The van der Waals surface area contributed by atoms with Crippen LogP contribution in [0.5, 0.6) is 0 Å². The van der Waals surface area contributed by atoms with Crippen molar-refractivity contribution in [3.8, 4) is 0 Å². The third-order valence-corrected chi connectivity index (χ3v) is 3.49. The predicted octanol–water partition coefficient (Wildman–Crippen LogP) is 3.90. The Morgan fingerprint density at radius 2 is 1.27 bits per heavy atom. The first-order chi connectivity index (χ1) is 10.6. The minimum atomic E-state index is 0.323. The van der Waals surface area contributed by atoms with Crippen LogP contribution < -0.4 is 10.6 Å². The summed E-state index contributed by atoms with van der Waals surface area (Å²) in [5.74, 6) is 0.895. The molecule has 0 saturated heterocycles. The fourth-order valence-electron chi connectivity index (χ4n) is 2.61. The Balaban J connectivity index is 2.04. The largest absolute Gasteiger partial charge is 0.370 e. The molecule has 0 heterocycles. The summed E-state index contributed by atoms with van der Waals surface area (Å²) in [6.45, 7) is 8.34. The fraction of sp³-hybridized carbons (Fsp3) is 0.300. The SMILES string of the molecule is C=C(NC(C)C)NC(Cc1ccccc1)Cc1ccccc1. The summed E-state index contributed by atoms with van der Waals surface area (Å²) in [5, 5.41) is 6.88. The van der Waals surface area contributed by atoms with E-state index < -0.39 is 0 Å². The lowest BCUT2D eigenvalue weighted by Crippen LogP contribution is -2.39. The first-order valence-electron chi connectivity index (χ1n) is 7.93. The first-order valence-corrected chi connectivity index (χ1v) is 7.93. The third kappa shape index (κ3) is 5.65. The topological polar surface area (TPSA) is 24.1 Å². The Morgan fingerprint density at radius 1 is 0.818 bits per heavy atom. The lowest BCUT2D eigenvalue weighted by Gasteiger charge is -2.23. The quantitative estimate of drug-likeness (QED) is 0.771. The van der Waals surface area contributed by atoms with Gasteiger partial charge in [0.15, 0.2) is 0 Å². The minimum Gasteiger partial charge on any atom is -0.370 e. The van der Waals surface area contributed by atoms with Crippen LogP contribution in [-0.2, 0) is 12.8 Å². The van der Waals surface area contributed by atoms with Gasteiger partial charge in [0.2, 0.25) is 0 Å². The number of hydrogen-bond acceptors (Lipinski definition) is 2. The first kappa shape index (κ1) is 16.2. The summed E-state index contributed by atoms with van der Waals surface area (Å²) >= 11 is 0. The molecule has 0 unspecified atom stereocenters. The molecule has 0 aliphatic rings. The maximum absolute atomic E-state index is 4.10. The Bertz CT molecular complexity index is 519. The summed E-state index contributed by atoms with van der Waals surface area (Å²) < 4.78 is 0. The van der Waals surface area contributed by atoms with Crippen molar-refractivity contribution in [3.63, 3.8) is 0 Å². The standard InChI is InChI=1S/C20H26N2/c1-16(2)21-17(3)22-20(14-18-10-6-4-7-11-18)15-19-12-8-5-9-13-19/h4-13,16,20-22H,3,14-15H2,1-2H3. The normalized spacial score (nSPS) is 10.7. The van der Waals surface area contributed by atoms with Crippen LogP contribution in [0.2, 0.25) is 0 Å². The van der Waals surface area contributed by atoms with E-state index in [9.17, 15) is 0 Å². The van der Waals surface area contributed by atoms with E-state index in [1.807, 2.05) is 0 Å². The van der Waals surface area contributed by atoms with Crippen LogP contribution in [0.3, 0.4) is 0 Å². The molecule has 2 heteroatoms. The van der Waals surface area contributed by atoms with Gasteiger partial charge in [0.05, 0.1) is 5.82 Å². The van der Waals surface area contributed by atoms with Gasteiger partial charge in [0.25, 0.3) is 0 Å². The second-order valence-corrected chi connectivity index (χ2v) is 6.00. The molecule has 0 aliphatic carbocycles. The summed E-state index contributed by atoms with van der Waals surface area (Å²) in [5.41, 5.74) is 2.68. The molecular formula is C20H26N2. The van der Waals surface area contributed by atoms with Gasteiger partial charge in [-0.2, -0.15) is 0 Å².